The molecule has 0 N–H and O–H groups in total. The van der Waals surface area contributed by atoms with Crippen molar-refractivity contribution >= 4 is 9.24 Å². The van der Waals surface area contributed by atoms with Gasteiger partial charge in [0.1, 0.15) is 11.1 Å². The van der Waals surface area contributed by atoms with E-state index in [0.29, 0.717) is 0 Å². The van der Waals surface area contributed by atoms with Gasteiger partial charge in [-0.1, -0.05) is 76.3 Å². The summed E-state index contributed by atoms with van der Waals surface area (Å²) in [5, 5.41) is -0.196. The fraction of sp³-hybridized carbons (Fsp3) is 0.684. The summed E-state index contributed by atoms with van der Waals surface area (Å²) in [7, 11) is 2.86. The Bertz CT molecular complexity index is 475. The monoisotopic (exact) mass is 308 g/mol. The molecule has 0 aliphatic rings. The highest BCUT2D eigenvalue weighted by molar-refractivity contribution is 7.18. The summed E-state index contributed by atoms with van der Waals surface area (Å²) >= 11 is 0. The topological polar surface area (TPSA) is 9.23 Å². The zero-order valence-corrected chi connectivity index (χ0v) is 16.3. The molecule has 0 bridgehead atoms. The van der Waals surface area contributed by atoms with Gasteiger partial charge in [0.15, 0.2) is 0 Å². The molecule has 0 heterocycles. The van der Waals surface area contributed by atoms with Gasteiger partial charge in [0, 0.05) is 0 Å². The minimum atomic E-state index is -0.196. The van der Waals surface area contributed by atoms with E-state index in [1.54, 1.807) is 0 Å². The summed E-state index contributed by atoms with van der Waals surface area (Å²) in [6.07, 6.45) is 2.15. The molecule has 0 amide bonds. The molecule has 0 saturated carbocycles. The molecule has 0 aliphatic carbocycles. The quantitative estimate of drug-likeness (QED) is 0.615. The van der Waals surface area contributed by atoms with E-state index in [1.165, 1.54) is 11.1 Å². The molecule has 0 aromatic heterocycles. The maximum absolute atomic E-state index is 6.33. The Labute approximate surface area is 134 Å². The highest BCUT2D eigenvalue weighted by atomic mass is 31.0. The summed E-state index contributed by atoms with van der Waals surface area (Å²) in [6, 6.07) is 6.68. The summed E-state index contributed by atoms with van der Waals surface area (Å²) < 4.78 is 6.33. The first-order chi connectivity index (χ1) is 9.37. The number of benzene rings is 1. The van der Waals surface area contributed by atoms with Crippen LogP contribution in [-0.4, -0.2) is 5.34 Å². The molecule has 1 nitrogen and oxygen atoms in total. The van der Waals surface area contributed by atoms with E-state index in [0.717, 1.165) is 18.6 Å². The Hall–Kier alpha value is -0.550. The minimum absolute atomic E-state index is 0.0730. The molecule has 2 atom stereocenters. The summed E-state index contributed by atoms with van der Waals surface area (Å²) in [4.78, 5) is 0. The van der Waals surface area contributed by atoms with Gasteiger partial charge in [0.2, 0.25) is 0 Å². The average molecular weight is 308 g/mol. The normalized spacial score (nSPS) is 15.7. The van der Waals surface area contributed by atoms with Crippen LogP contribution in [0.5, 0.6) is 5.75 Å². The molecule has 1 aromatic rings. The van der Waals surface area contributed by atoms with Crippen molar-refractivity contribution in [1.29, 1.82) is 0 Å². The van der Waals surface area contributed by atoms with Crippen LogP contribution >= 0.6 is 9.24 Å². The van der Waals surface area contributed by atoms with E-state index in [4.69, 9.17) is 4.74 Å². The third kappa shape index (κ3) is 5.29. The van der Waals surface area contributed by atoms with Crippen LogP contribution in [0.2, 0.25) is 0 Å². The van der Waals surface area contributed by atoms with Gasteiger partial charge in [-0.25, -0.2) is 0 Å². The molecule has 2 unspecified atom stereocenters. The van der Waals surface area contributed by atoms with E-state index in [2.05, 4.69) is 82.8 Å². The Balaban J connectivity index is 3.27. The molecule has 0 radical (unpaired) electrons. The van der Waals surface area contributed by atoms with Crippen LogP contribution in [0.1, 0.15) is 79.4 Å². The average Bonchev–Trinajstić information content (AvgIpc) is 2.25. The fourth-order valence-corrected chi connectivity index (χ4v) is 2.89. The first-order valence-corrected chi connectivity index (χ1v) is 8.57. The molecule has 1 aromatic carbocycles. The predicted octanol–water partition coefficient (Wildman–Crippen LogP) is 6.05. The van der Waals surface area contributed by atoms with E-state index < -0.39 is 0 Å². The summed E-state index contributed by atoms with van der Waals surface area (Å²) in [5.74, 6) is 1.02. The minimum Gasteiger partial charge on any atom is -0.483 e. The van der Waals surface area contributed by atoms with Crippen LogP contribution in [-0.2, 0) is 10.8 Å². The van der Waals surface area contributed by atoms with Gasteiger partial charge < -0.3 is 4.74 Å². The van der Waals surface area contributed by atoms with E-state index in [-0.39, 0.29) is 16.2 Å². The second-order valence-electron chi connectivity index (χ2n) is 8.38. The highest BCUT2D eigenvalue weighted by Gasteiger charge is 2.26. The van der Waals surface area contributed by atoms with Crippen LogP contribution < -0.4 is 4.74 Å². The first kappa shape index (κ1) is 18.5. The van der Waals surface area contributed by atoms with Gasteiger partial charge in [0.05, 0.1) is 0 Å². The number of rotatable bonds is 4. The zero-order valence-electron chi connectivity index (χ0n) is 15.1. The molecule has 0 fully saturated rings. The maximum atomic E-state index is 6.33. The molecule has 1 rings (SSSR count). The highest BCUT2D eigenvalue weighted by Crippen LogP contribution is 2.38. The largest absolute Gasteiger partial charge is 0.483 e. The lowest BCUT2D eigenvalue weighted by atomic mass is 9.80. The van der Waals surface area contributed by atoms with E-state index in [1.807, 2.05) is 0 Å². The predicted molar refractivity (Wildman–Crippen MR) is 97.5 cm³/mol. The third-order valence-corrected chi connectivity index (χ3v) is 4.15. The standard InChI is InChI=1S/C19H33OP/c1-9-12-19(8,21)20-16-11-10-14(17(2,3)4)13-15(16)18(5,6)7/h10-11,13H,9,12,21H2,1-8H3. The van der Waals surface area contributed by atoms with E-state index in [9.17, 15) is 0 Å². The molecule has 120 valence electrons. The van der Waals surface area contributed by atoms with Crippen molar-refractivity contribution in [3.63, 3.8) is 0 Å². The molecular formula is C19H33OP. The van der Waals surface area contributed by atoms with Crippen molar-refractivity contribution in [2.75, 3.05) is 0 Å². The maximum Gasteiger partial charge on any atom is 0.124 e. The lowest BCUT2D eigenvalue weighted by Gasteiger charge is -2.32. The smallest absolute Gasteiger partial charge is 0.124 e. The van der Waals surface area contributed by atoms with Gasteiger partial charge in [-0.05, 0) is 41.4 Å². The van der Waals surface area contributed by atoms with E-state index >= 15 is 0 Å². The molecule has 2 heteroatoms. The SMILES string of the molecule is CCCC(C)(P)Oc1ccc(C(C)(C)C)cc1C(C)(C)C. The van der Waals surface area contributed by atoms with Crippen LogP contribution in [0.25, 0.3) is 0 Å². The molecule has 21 heavy (non-hydrogen) atoms. The zero-order chi connectivity index (χ0) is 16.5. The van der Waals surface area contributed by atoms with Crippen molar-refractivity contribution in [3.8, 4) is 5.75 Å². The molecule has 0 saturated heterocycles. The Morgan fingerprint density at radius 3 is 1.95 bits per heavy atom. The van der Waals surface area contributed by atoms with Crippen molar-refractivity contribution in [3.05, 3.63) is 29.3 Å². The van der Waals surface area contributed by atoms with Gasteiger partial charge in [-0.15, -0.1) is 0 Å². The number of ether oxygens (including phenoxy) is 1. The van der Waals surface area contributed by atoms with Crippen molar-refractivity contribution in [1.82, 2.24) is 0 Å². The fourth-order valence-electron chi connectivity index (χ4n) is 2.47. The van der Waals surface area contributed by atoms with Gasteiger partial charge in [-0.3, -0.25) is 0 Å². The van der Waals surface area contributed by atoms with Crippen LogP contribution in [0.15, 0.2) is 18.2 Å². The van der Waals surface area contributed by atoms with Crippen molar-refractivity contribution in [2.45, 2.75) is 84.4 Å². The molecule has 0 spiro atoms. The Morgan fingerprint density at radius 1 is 0.952 bits per heavy atom. The number of hydrogen-bond donors (Lipinski definition) is 0. The molecule has 0 aliphatic heterocycles. The first-order valence-electron chi connectivity index (χ1n) is 8.00. The second kappa shape index (κ2) is 6.29. The lowest BCUT2D eigenvalue weighted by Crippen LogP contribution is -2.26. The van der Waals surface area contributed by atoms with Crippen LogP contribution in [0.4, 0.5) is 0 Å². The van der Waals surface area contributed by atoms with Crippen LogP contribution in [0, 0.1) is 0 Å². The van der Waals surface area contributed by atoms with Gasteiger partial charge in [-0.2, -0.15) is 0 Å². The van der Waals surface area contributed by atoms with Gasteiger partial charge >= 0.3 is 0 Å². The van der Waals surface area contributed by atoms with Crippen LogP contribution in [0.3, 0.4) is 0 Å². The summed E-state index contributed by atoms with van der Waals surface area (Å²) in [5.41, 5.74) is 2.89. The van der Waals surface area contributed by atoms with Crippen molar-refractivity contribution in [2.24, 2.45) is 0 Å². The molecular weight excluding hydrogens is 275 g/mol. The Kier molecular flexibility index (Phi) is 5.54. The van der Waals surface area contributed by atoms with Crippen molar-refractivity contribution < 1.29 is 4.74 Å². The number of hydrogen-bond acceptors (Lipinski definition) is 1. The Morgan fingerprint density at radius 2 is 1.52 bits per heavy atom. The third-order valence-electron chi connectivity index (χ3n) is 3.74. The second-order valence-corrected chi connectivity index (χ2v) is 9.60. The lowest BCUT2D eigenvalue weighted by molar-refractivity contribution is 0.169. The summed E-state index contributed by atoms with van der Waals surface area (Å²) in [6.45, 7) is 17.9. The van der Waals surface area contributed by atoms with Gasteiger partial charge in [0.25, 0.3) is 0 Å².